The summed E-state index contributed by atoms with van der Waals surface area (Å²) in [6.07, 6.45) is 0. The van der Waals surface area contributed by atoms with E-state index in [9.17, 15) is 13.2 Å². The molecule has 0 aliphatic rings. The molecule has 0 unspecified atom stereocenters. The van der Waals surface area contributed by atoms with Gasteiger partial charge >= 0.3 is 0 Å². The van der Waals surface area contributed by atoms with Crippen LogP contribution in [0.25, 0.3) is 11.0 Å². The molecule has 3 aromatic rings. The molecule has 0 spiro atoms. The van der Waals surface area contributed by atoms with E-state index in [1.165, 1.54) is 24.3 Å². The number of imidazole rings is 1. The first-order valence-electron chi connectivity index (χ1n) is 9.16. The lowest BCUT2D eigenvalue weighted by Crippen LogP contribution is -2.30. The molecule has 1 amide bonds. The van der Waals surface area contributed by atoms with Gasteiger partial charge in [0.15, 0.2) is 0 Å². The second-order valence-corrected chi connectivity index (χ2v) is 8.46. The van der Waals surface area contributed by atoms with Crippen molar-refractivity contribution in [3.05, 3.63) is 59.9 Å². The fourth-order valence-electron chi connectivity index (χ4n) is 3.04. The number of hydrogen-bond donors (Lipinski definition) is 2. The number of carbonyl (C=O) groups is 1. The Labute approximate surface area is 164 Å². The molecule has 8 heteroatoms. The molecule has 2 N–H and O–H groups in total. The van der Waals surface area contributed by atoms with Gasteiger partial charge < -0.3 is 9.88 Å². The molecular formula is C20H24N4O3S. The van der Waals surface area contributed by atoms with Crippen LogP contribution < -0.4 is 10.0 Å². The summed E-state index contributed by atoms with van der Waals surface area (Å²) in [7, 11) is -3.58. The first-order chi connectivity index (χ1) is 13.3. The molecule has 0 aliphatic carbocycles. The molecular weight excluding hydrogens is 376 g/mol. The van der Waals surface area contributed by atoms with Crippen molar-refractivity contribution in [3.8, 4) is 0 Å². The van der Waals surface area contributed by atoms with Crippen LogP contribution in [0.4, 0.5) is 0 Å². The van der Waals surface area contributed by atoms with Crippen molar-refractivity contribution < 1.29 is 13.2 Å². The van der Waals surface area contributed by atoms with E-state index in [4.69, 9.17) is 0 Å². The van der Waals surface area contributed by atoms with Gasteiger partial charge in [0.25, 0.3) is 5.91 Å². The molecule has 0 aliphatic heterocycles. The molecule has 0 saturated carbocycles. The molecule has 0 radical (unpaired) electrons. The fourth-order valence-corrected chi connectivity index (χ4v) is 4.29. The van der Waals surface area contributed by atoms with E-state index in [1.54, 1.807) is 13.8 Å². The molecule has 0 bridgehead atoms. The third kappa shape index (κ3) is 4.23. The van der Waals surface area contributed by atoms with Crippen molar-refractivity contribution in [2.75, 3.05) is 0 Å². The number of carbonyl (C=O) groups excluding carboxylic acids is 1. The Kier molecular flexibility index (Phi) is 5.81. The van der Waals surface area contributed by atoms with E-state index in [-0.39, 0.29) is 23.4 Å². The summed E-state index contributed by atoms with van der Waals surface area (Å²) in [6, 6.07) is 13.5. The minimum atomic E-state index is -3.58. The number of nitrogens with zero attached hydrogens (tertiary/aromatic N) is 2. The maximum atomic E-state index is 12.5. The van der Waals surface area contributed by atoms with Gasteiger partial charge in [0.05, 0.1) is 22.5 Å². The number of hydrogen-bond acceptors (Lipinski definition) is 4. The van der Waals surface area contributed by atoms with Gasteiger partial charge in [-0.1, -0.05) is 12.1 Å². The van der Waals surface area contributed by atoms with Gasteiger partial charge in [0.2, 0.25) is 10.0 Å². The maximum Gasteiger partial charge on any atom is 0.251 e. The van der Waals surface area contributed by atoms with Crippen LogP contribution in [-0.4, -0.2) is 29.9 Å². The van der Waals surface area contributed by atoms with Crippen LogP contribution in [-0.2, 0) is 23.1 Å². The first kappa shape index (κ1) is 20.0. The highest BCUT2D eigenvalue weighted by Gasteiger charge is 2.16. The monoisotopic (exact) mass is 400 g/mol. The molecule has 1 aromatic heterocycles. The van der Waals surface area contributed by atoms with Crippen molar-refractivity contribution in [1.82, 2.24) is 19.6 Å². The van der Waals surface area contributed by atoms with Crippen LogP contribution >= 0.6 is 0 Å². The molecule has 0 saturated heterocycles. The zero-order valence-corrected chi connectivity index (χ0v) is 17.0. The standard InChI is InChI=1S/C20H24N4O3S/c1-4-24-18-8-6-5-7-17(18)22-19(24)13-21-20(25)15-9-11-16(12-10-15)28(26,27)23-14(2)3/h5-12,14,23H,4,13H2,1-3H3,(H,21,25). The highest BCUT2D eigenvalue weighted by molar-refractivity contribution is 7.89. The van der Waals surface area contributed by atoms with Gasteiger partial charge in [0, 0.05) is 18.2 Å². The molecule has 1 heterocycles. The molecule has 7 nitrogen and oxygen atoms in total. The quantitative estimate of drug-likeness (QED) is 0.638. The maximum absolute atomic E-state index is 12.5. The summed E-state index contributed by atoms with van der Waals surface area (Å²) in [6.45, 7) is 6.58. The predicted molar refractivity (Wildman–Crippen MR) is 108 cm³/mol. The molecule has 28 heavy (non-hydrogen) atoms. The molecule has 3 rings (SSSR count). The number of aromatic nitrogens is 2. The van der Waals surface area contributed by atoms with Crippen molar-refractivity contribution in [2.24, 2.45) is 0 Å². The smallest absolute Gasteiger partial charge is 0.251 e. The zero-order valence-electron chi connectivity index (χ0n) is 16.1. The molecule has 2 aromatic carbocycles. The summed E-state index contributed by atoms with van der Waals surface area (Å²) in [5.74, 6) is 0.493. The second kappa shape index (κ2) is 8.12. The number of para-hydroxylation sites is 2. The molecule has 0 atom stereocenters. The highest BCUT2D eigenvalue weighted by atomic mass is 32.2. The normalized spacial score (nSPS) is 11.9. The number of nitrogens with one attached hydrogen (secondary N) is 2. The average Bonchev–Trinajstić information content (AvgIpc) is 3.02. The Bertz CT molecular complexity index is 1090. The van der Waals surface area contributed by atoms with E-state index in [0.717, 1.165) is 23.4 Å². The van der Waals surface area contributed by atoms with Crippen LogP contribution in [0.1, 0.15) is 37.0 Å². The van der Waals surface area contributed by atoms with Gasteiger partial charge in [-0.05, 0) is 57.2 Å². The van der Waals surface area contributed by atoms with Crippen molar-refractivity contribution in [1.29, 1.82) is 0 Å². The SMILES string of the molecule is CCn1c(CNC(=O)c2ccc(S(=O)(=O)NC(C)C)cc2)nc2ccccc21. The Hall–Kier alpha value is -2.71. The van der Waals surface area contributed by atoms with E-state index < -0.39 is 10.0 Å². The zero-order chi connectivity index (χ0) is 20.3. The van der Waals surface area contributed by atoms with Gasteiger partial charge in [0.1, 0.15) is 5.82 Å². The van der Waals surface area contributed by atoms with Crippen molar-refractivity contribution in [3.63, 3.8) is 0 Å². The largest absolute Gasteiger partial charge is 0.345 e. The van der Waals surface area contributed by atoms with Crippen LogP contribution in [0.5, 0.6) is 0 Å². The average molecular weight is 401 g/mol. The molecule has 148 valence electrons. The Morgan fingerprint density at radius 1 is 1.11 bits per heavy atom. The summed E-state index contributed by atoms with van der Waals surface area (Å²) >= 11 is 0. The van der Waals surface area contributed by atoms with Gasteiger partial charge in [-0.15, -0.1) is 0 Å². The first-order valence-corrected chi connectivity index (χ1v) is 10.6. The topological polar surface area (TPSA) is 93.1 Å². The number of fused-ring (bicyclic) bond motifs is 1. The number of sulfonamides is 1. The van der Waals surface area contributed by atoms with Crippen LogP contribution in [0.3, 0.4) is 0 Å². The second-order valence-electron chi connectivity index (χ2n) is 6.74. The summed E-state index contributed by atoms with van der Waals surface area (Å²) < 4.78 is 28.9. The van der Waals surface area contributed by atoms with E-state index in [0.29, 0.717) is 5.56 Å². The number of aryl methyl sites for hydroxylation is 1. The number of rotatable bonds is 7. The van der Waals surface area contributed by atoms with E-state index >= 15 is 0 Å². The Morgan fingerprint density at radius 2 is 1.79 bits per heavy atom. The Morgan fingerprint density at radius 3 is 2.43 bits per heavy atom. The van der Waals surface area contributed by atoms with E-state index in [2.05, 4.69) is 19.6 Å². The highest BCUT2D eigenvalue weighted by Crippen LogP contribution is 2.16. The lowest BCUT2D eigenvalue weighted by atomic mass is 10.2. The van der Waals surface area contributed by atoms with Crippen molar-refractivity contribution >= 4 is 27.0 Å². The number of benzene rings is 2. The van der Waals surface area contributed by atoms with Gasteiger partial charge in [-0.25, -0.2) is 18.1 Å². The lowest BCUT2D eigenvalue weighted by Gasteiger charge is -2.10. The molecule has 0 fully saturated rings. The fraction of sp³-hybridized carbons (Fsp3) is 0.300. The summed E-state index contributed by atoms with van der Waals surface area (Å²) in [5, 5.41) is 2.85. The summed E-state index contributed by atoms with van der Waals surface area (Å²) in [5.41, 5.74) is 2.31. The third-order valence-electron chi connectivity index (χ3n) is 4.27. The van der Waals surface area contributed by atoms with Gasteiger partial charge in [-0.2, -0.15) is 0 Å². The lowest BCUT2D eigenvalue weighted by molar-refractivity contribution is 0.0949. The minimum Gasteiger partial charge on any atom is -0.345 e. The van der Waals surface area contributed by atoms with Crippen LogP contribution in [0.15, 0.2) is 53.4 Å². The minimum absolute atomic E-state index is 0.130. The third-order valence-corrected chi connectivity index (χ3v) is 5.95. The van der Waals surface area contributed by atoms with E-state index in [1.807, 2.05) is 31.2 Å². The summed E-state index contributed by atoms with van der Waals surface area (Å²) in [4.78, 5) is 17.2. The van der Waals surface area contributed by atoms with Gasteiger partial charge in [-0.3, -0.25) is 4.79 Å². The number of amides is 1. The Balaban J connectivity index is 1.72. The van der Waals surface area contributed by atoms with Crippen LogP contribution in [0, 0.1) is 0 Å². The van der Waals surface area contributed by atoms with Crippen LogP contribution in [0.2, 0.25) is 0 Å². The predicted octanol–water partition coefficient (Wildman–Crippen LogP) is 2.67. The van der Waals surface area contributed by atoms with Crippen molar-refractivity contribution in [2.45, 2.75) is 44.8 Å².